The smallest absolute Gasteiger partial charge is 0.255 e. The molecule has 1 aliphatic carbocycles. The summed E-state index contributed by atoms with van der Waals surface area (Å²) in [7, 11) is 0. The third-order valence-corrected chi connectivity index (χ3v) is 3.78. The van der Waals surface area contributed by atoms with Crippen LogP contribution in [0.3, 0.4) is 0 Å². The summed E-state index contributed by atoms with van der Waals surface area (Å²) in [5, 5.41) is 2.88. The second-order valence-electron chi connectivity index (χ2n) is 4.92. The molecule has 2 nitrogen and oxygen atoms in total. The molecule has 2 aromatic carbocycles. The molecule has 0 radical (unpaired) electrons. The Bertz CT molecular complexity index is 684. The van der Waals surface area contributed by atoms with Crippen molar-refractivity contribution in [3.8, 4) is 0 Å². The van der Waals surface area contributed by atoms with Gasteiger partial charge in [0.25, 0.3) is 5.91 Å². The summed E-state index contributed by atoms with van der Waals surface area (Å²) in [6, 6.07) is 9.85. The normalized spacial score (nSPS) is 13.1. The molecule has 0 aliphatic heterocycles. The molecule has 2 aromatic rings. The Morgan fingerprint density at radius 1 is 1.10 bits per heavy atom. The largest absolute Gasteiger partial charge is 0.319 e. The number of carbonyl (C=O) groups is 1. The molecule has 4 heteroatoms. The number of halogens is 2. The highest BCUT2D eigenvalue weighted by molar-refractivity contribution is 6.30. The van der Waals surface area contributed by atoms with Crippen LogP contribution in [0.2, 0.25) is 5.02 Å². The van der Waals surface area contributed by atoms with E-state index in [2.05, 4.69) is 5.32 Å². The molecule has 1 aliphatic rings. The number of hydrogen-bond acceptors (Lipinski definition) is 1. The lowest BCUT2D eigenvalue weighted by Gasteiger charge is -2.08. The van der Waals surface area contributed by atoms with Gasteiger partial charge in [-0.25, -0.2) is 4.39 Å². The first-order chi connectivity index (χ1) is 9.63. The van der Waals surface area contributed by atoms with Crippen molar-refractivity contribution in [1.29, 1.82) is 0 Å². The van der Waals surface area contributed by atoms with Crippen LogP contribution in [0.1, 0.15) is 27.9 Å². The van der Waals surface area contributed by atoms with Crippen molar-refractivity contribution in [2.75, 3.05) is 5.32 Å². The van der Waals surface area contributed by atoms with Crippen molar-refractivity contribution in [2.45, 2.75) is 19.3 Å². The number of benzene rings is 2. The maximum Gasteiger partial charge on any atom is 0.255 e. The van der Waals surface area contributed by atoms with Gasteiger partial charge in [-0.1, -0.05) is 17.7 Å². The number of nitrogens with one attached hydrogen (secondary N) is 1. The van der Waals surface area contributed by atoms with Gasteiger partial charge in [0.1, 0.15) is 5.82 Å². The van der Waals surface area contributed by atoms with Gasteiger partial charge in [-0.2, -0.15) is 0 Å². The van der Waals surface area contributed by atoms with Crippen LogP contribution in [0.15, 0.2) is 36.4 Å². The first-order valence-corrected chi connectivity index (χ1v) is 6.89. The SMILES string of the molecule is O=C(Nc1ccc(Cl)cc1F)c1ccc2c(c1)CCC2. The van der Waals surface area contributed by atoms with Crippen LogP contribution >= 0.6 is 11.6 Å². The van der Waals surface area contributed by atoms with Gasteiger partial charge in [0.05, 0.1) is 5.69 Å². The van der Waals surface area contributed by atoms with Crippen molar-refractivity contribution >= 4 is 23.2 Å². The van der Waals surface area contributed by atoms with Gasteiger partial charge < -0.3 is 5.32 Å². The third-order valence-electron chi connectivity index (χ3n) is 3.54. The zero-order valence-corrected chi connectivity index (χ0v) is 11.5. The fourth-order valence-corrected chi connectivity index (χ4v) is 2.66. The van der Waals surface area contributed by atoms with E-state index in [1.807, 2.05) is 12.1 Å². The molecule has 0 unspecified atom stereocenters. The van der Waals surface area contributed by atoms with Crippen molar-refractivity contribution in [2.24, 2.45) is 0 Å². The highest BCUT2D eigenvalue weighted by Crippen LogP contribution is 2.24. The first kappa shape index (κ1) is 13.1. The molecule has 0 atom stereocenters. The summed E-state index contributed by atoms with van der Waals surface area (Å²) in [5.74, 6) is -0.840. The number of fused-ring (bicyclic) bond motifs is 1. The average Bonchev–Trinajstić information content (AvgIpc) is 2.89. The Morgan fingerprint density at radius 2 is 1.90 bits per heavy atom. The fraction of sp³-hybridized carbons (Fsp3) is 0.188. The number of carbonyl (C=O) groups excluding carboxylic acids is 1. The van der Waals surface area contributed by atoms with Gasteiger partial charge in [-0.3, -0.25) is 4.79 Å². The summed E-state index contributed by atoms with van der Waals surface area (Å²) in [4.78, 5) is 12.1. The van der Waals surface area contributed by atoms with E-state index in [9.17, 15) is 9.18 Å². The average molecular weight is 290 g/mol. The molecule has 0 spiro atoms. The molecule has 102 valence electrons. The molecule has 0 heterocycles. The van der Waals surface area contributed by atoms with E-state index in [1.165, 1.54) is 23.3 Å². The Morgan fingerprint density at radius 3 is 2.70 bits per heavy atom. The van der Waals surface area contributed by atoms with E-state index in [-0.39, 0.29) is 11.6 Å². The summed E-state index contributed by atoms with van der Waals surface area (Å²) in [5.41, 5.74) is 3.22. The van der Waals surface area contributed by atoms with Crippen molar-refractivity contribution in [1.82, 2.24) is 0 Å². The molecular formula is C16H13ClFNO. The Balaban J connectivity index is 1.82. The summed E-state index contributed by atoms with van der Waals surface area (Å²) >= 11 is 5.68. The van der Waals surface area contributed by atoms with E-state index < -0.39 is 5.82 Å². The topological polar surface area (TPSA) is 29.1 Å². The molecule has 0 fully saturated rings. The Labute approximate surface area is 121 Å². The summed E-state index contributed by atoms with van der Waals surface area (Å²) in [6.07, 6.45) is 3.21. The van der Waals surface area contributed by atoms with Gasteiger partial charge in [0.2, 0.25) is 0 Å². The zero-order valence-electron chi connectivity index (χ0n) is 10.7. The van der Waals surface area contributed by atoms with Crippen LogP contribution in [0.4, 0.5) is 10.1 Å². The standard InChI is InChI=1S/C16H13ClFNO/c17-13-6-7-15(14(18)9-13)19-16(20)12-5-4-10-2-1-3-11(10)8-12/h4-9H,1-3H2,(H,19,20). The molecule has 1 amide bonds. The van der Waals surface area contributed by atoms with E-state index >= 15 is 0 Å². The minimum absolute atomic E-state index is 0.139. The molecule has 0 bridgehead atoms. The fourth-order valence-electron chi connectivity index (χ4n) is 2.50. The summed E-state index contributed by atoms with van der Waals surface area (Å²) < 4.78 is 13.6. The van der Waals surface area contributed by atoms with Crippen LogP contribution in [0.25, 0.3) is 0 Å². The lowest BCUT2D eigenvalue weighted by molar-refractivity contribution is 0.102. The van der Waals surface area contributed by atoms with Gasteiger partial charge >= 0.3 is 0 Å². The van der Waals surface area contributed by atoms with E-state index in [0.29, 0.717) is 10.6 Å². The highest BCUT2D eigenvalue weighted by atomic mass is 35.5. The number of aryl methyl sites for hydroxylation is 2. The molecule has 0 saturated carbocycles. The third kappa shape index (κ3) is 2.54. The van der Waals surface area contributed by atoms with Crippen molar-refractivity contribution in [3.63, 3.8) is 0 Å². The second-order valence-corrected chi connectivity index (χ2v) is 5.35. The molecular weight excluding hydrogens is 277 g/mol. The van der Waals surface area contributed by atoms with Gasteiger partial charge in [0, 0.05) is 10.6 Å². The Kier molecular flexibility index (Phi) is 3.45. The van der Waals surface area contributed by atoms with Gasteiger partial charge in [-0.05, 0) is 60.7 Å². The lowest BCUT2D eigenvalue weighted by Crippen LogP contribution is -2.13. The van der Waals surface area contributed by atoms with Crippen molar-refractivity contribution < 1.29 is 9.18 Å². The molecule has 0 saturated heterocycles. The van der Waals surface area contributed by atoms with Crippen LogP contribution in [-0.2, 0) is 12.8 Å². The van der Waals surface area contributed by atoms with Crippen LogP contribution in [0.5, 0.6) is 0 Å². The van der Waals surface area contributed by atoms with Gasteiger partial charge in [-0.15, -0.1) is 0 Å². The van der Waals surface area contributed by atoms with E-state index in [4.69, 9.17) is 11.6 Å². The number of hydrogen-bond donors (Lipinski definition) is 1. The zero-order chi connectivity index (χ0) is 14.1. The maximum atomic E-state index is 13.6. The van der Waals surface area contributed by atoms with E-state index in [0.717, 1.165) is 19.3 Å². The molecule has 20 heavy (non-hydrogen) atoms. The van der Waals surface area contributed by atoms with Crippen LogP contribution in [-0.4, -0.2) is 5.91 Å². The van der Waals surface area contributed by atoms with Crippen molar-refractivity contribution in [3.05, 3.63) is 63.9 Å². The molecule has 1 N–H and O–H groups in total. The number of amides is 1. The first-order valence-electron chi connectivity index (χ1n) is 6.52. The number of rotatable bonds is 2. The minimum Gasteiger partial charge on any atom is -0.319 e. The maximum absolute atomic E-state index is 13.6. The monoisotopic (exact) mass is 289 g/mol. The predicted octanol–water partition coefficient (Wildman–Crippen LogP) is 4.22. The number of anilines is 1. The second kappa shape index (κ2) is 5.25. The lowest BCUT2D eigenvalue weighted by atomic mass is 10.1. The van der Waals surface area contributed by atoms with Crippen LogP contribution < -0.4 is 5.32 Å². The predicted molar refractivity (Wildman–Crippen MR) is 77.8 cm³/mol. The molecule has 3 rings (SSSR count). The Hall–Kier alpha value is -1.87. The van der Waals surface area contributed by atoms with E-state index in [1.54, 1.807) is 12.1 Å². The summed E-state index contributed by atoms with van der Waals surface area (Å²) in [6.45, 7) is 0. The van der Waals surface area contributed by atoms with Gasteiger partial charge in [0.15, 0.2) is 0 Å². The minimum atomic E-state index is -0.535. The molecule has 0 aromatic heterocycles. The quantitative estimate of drug-likeness (QED) is 0.881. The highest BCUT2D eigenvalue weighted by Gasteiger charge is 2.15. The van der Waals surface area contributed by atoms with Crippen LogP contribution in [0, 0.1) is 5.82 Å².